The van der Waals surface area contributed by atoms with E-state index in [9.17, 15) is 0 Å². The summed E-state index contributed by atoms with van der Waals surface area (Å²) in [5.74, 6) is 0. The van der Waals surface area contributed by atoms with Crippen molar-refractivity contribution in [3.8, 4) is 0 Å². The van der Waals surface area contributed by atoms with Gasteiger partial charge in [-0.05, 0) is 13.8 Å². The fraction of sp³-hybridized carbons (Fsp3) is 0.143. The summed E-state index contributed by atoms with van der Waals surface area (Å²) in [6.45, 7) is 11.9. The zero-order valence-corrected chi connectivity index (χ0v) is 11.2. The van der Waals surface area contributed by atoms with Gasteiger partial charge in [0, 0.05) is 20.2 Å². The van der Waals surface area contributed by atoms with Crippen LogP contribution in [0.1, 0.15) is 24.3 Å². The Kier molecular flexibility index (Phi) is 3.13. The van der Waals surface area contributed by atoms with E-state index in [4.69, 9.17) is 0 Å². The molecule has 2 heteroatoms. The van der Waals surface area contributed by atoms with Gasteiger partial charge in [-0.3, -0.25) is 0 Å². The van der Waals surface area contributed by atoms with Crippen LogP contribution in [0.2, 0.25) is 0 Å². The second-order valence-corrected chi connectivity index (χ2v) is 5.51. The van der Waals surface area contributed by atoms with Crippen LogP contribution in [0.25, 0.3) is 33.7 Å². The molecule has 2 heterocycles. The highest BCUT2D eigenvalue weighted by molar-refractivity contribution is 7.27. The van der Waals surface area contributed by atoms with Crippen LogP contribution in [-0.2, 0) is 0 Å². The van der Waals surface area contributed by atoms with E-state index in [-0.39, 0.29) is 0 Å². The third kappa shape index (κ3) is 1.49. The third-order valence-electron chi connectivity index (χ3n) is 2.59. The minimum atomic E-state index is 1.22. The van der Waals surface area contributed by atoms with Crippen molar-refractivity contribution in [2.45, 2.75) is 13.8 Å². The van der Waals surface area contributed by atoms with Crippen LogP contribution in [0.15, 0.2) is 13.2 Å². The van der Waals surface area contributed by atoms with Gasteiger partial charge in [0.05, 0.1) is 9.40 Å². The Bertz CT molecular complexity index is 666. The molecule has 0 radical (unpaired) electrons. The summed E-state index contributed by atoms with van der Waals surface area (Å²) in [7, 11) is 0. The lowest BCUT2D eigenvalue weighted by molar-refractivity contribution is 1.72. The maximum Gasteiger partial charge on any atom is 0.0541 e. The Morgan fingerprint density at radius 3 is 2.19 bits per heavy atom. The molecular formula is C14H14S2. The van der Waals surface area contributed by atoms with Crippen LogP contribution < -0.4 is 9.75 Å². The number of thiophene rings is 2. The van der Waals surface area contributed by atoms with E-state index < -0.39 is 0 Å². The zero-order chi connectivity index (χ0) is 11.7. The topological polar surface area (TPSA) is 0 Å². The van der Waals surface area contributed by atoms with Crippen LogP contribution in [0, 0.1) is 0 Å². The molecular weight excluding hydrogens is 232 g/mol. The van der Waals surface area contributed by atoms with E-state index in [1.165, 1.54) is 29.6 Å². The summed E-state index contributed by atoms with van der Waals surface area (Å²) in [5.41, 5.74) is 1.23. The summed E-state index contributed by atoms with van der Waals surface area (Å²) < 4.78 is 4.06. The number of fused-ring (bicyclic) bond motifs is 1. The first-order valence-electron chi connectivity index (χ1n) is 5.19. The highest BCUT2D eigenvalue weighted by Gasteiger charge is 2.10. The summed E-state index contributed by atoms with van der Waals surface area (Å²) in [6.07, 6.45) is 8.21. The molecule has 0 aromatic carbocycles. The maximum atomic E-state index is 3.90. The zero-order valence-electron chi connectivity index (χ0n) is 9.54. The summed E-state index contributed by atoms with van der Waals surface area (Å²) in [6, 6.07) is 0. The quantitative estimate of drug-likeness (QED) is 0.755. The Morgan fingerprint density at radius 1 is 0.938 bits per heavy atom. The second-order valence-electron chi connectivity index (χ2n) is 3.40. The normalized spacial score (nSPS) is 13.6. The van der Waals surface area contributed by atoms with E-state index in [1.54, 1.807) is 11.3 Å². The highest BCUT2D eigenvalue weighted by atomic mass is 32.1. The lowest BCUT2D eigenvalue weighted by Crippen LogP contribution is -2.16. The molecule has 0 fully saturated rings. The molecule has 0 atom stereocenters. The number of rotatable bonds is 2. The lowest BCUT2D eigenvalue weighted by Gasteiger charge is -1.88. The molecule has 0 nitrogen and oxygen atoms in total. The van der Waals surface area contributed by atoms with Crippen molar-refractivity contribution in [1.82, 2.24) is 0 Å². The van der Waals surface area contributed by atoms with E-state index in [0.717, 1.165) is 0 Å². The van der Waals surface area contributed by atoms with Crippen LogP contribution in [-0.4, -0.2) is 0 Å². The molecule has 0 spiro atoms. The van der Waals surface area contributed by atoms with Crippen molar-refractivity contribution in [3.05, 3.63) is 33.3 Å². The van der Waals surface area contributed by atoms with Crippen LogP contribution in [0.3, 0.4) is 0 Å². The first kappa shape index (κ1) is 11.4. The Morgan fingerprint density at radius 2 is 1.69 bits per heavy atom. The van der Waals surface area contributed by atoms with E-state index >= 15 is 0 Å². The SMILES string of the molecule is C=Cc1sc2c(=C/C)/c(=C\C)sc2c1C=C. The Balaban J connectivity index is 3.05. The Hall–Kier alpha value is -1.12. The van der Waals surface area contributed by atoms with Crippen molar-refractivity contribution >= 4 is 56.4 Å². The second kappa shape index (κ2) is 4.40. The van der Waals surface area contributed by atoms with Gasteiger partial charge in [0.15, 0.2) is 0 Å². The highest BCUT2D eigenvalue weighted by Crippen LogP contribution is 2.32. The van der Waals surface area contributed by atoms with Crippen LogP contribution in [0.4, 0.5) is 0 Å². The lowest BCUT2D eigenvalue weighted by atomic mass is 10.2. The first-order valence-corrected chi connectivity index (χ1v) is 6.83. The van der Waals surface area contributed by atoms with E-state index in [0.29, 0.717) is 0 Å². The number of hydrogen-bond acceptors (Lipinski definition) is 2. The van der Waals surface area contributed by atoms with Gasteiger partial charge < -0.3 is 0 Å². The Labute approximate surface area is 104 Å². The standard InChI is InChI=1S/C14H14S2/c1-5-9-11(7-3)15-14-10(6-2)12(8-4)16-13(9)14/h5-8H,1,3H2,2,4H3/b10-6+,12-8+. The van der Waals surface area contributed by atoms with Gasteiger partial charge in [0.25, 0.3) is 0 Å². The fourth-order valence-electron chi connectivity index (χ4n) is 1.83. The van der Waals surface area contributed by atoms with Crippen molar-refractivity contribution < 1.29 is 0 Å². The van der Waals surface area contributed by atoms with Crippen molar-refractivity contribution in [2.75, 3.05) is 0 Å². The molecule has 0 aliphatic rings. The summed E-state index contributed by atoms with van der Waals surface area (Å²) in [4.78, 5) is 1.22. The third-order valence-corrected chi connectivity index (χ3v) is 5.26. The van der Waals surface area contributed by atoms with Crippen molar-refractivity contribution in [1.29, 1.82) is 0 Å². The smallest absolute Gasteiger partial charge is 0.0541 e. The van der Waals surface area contributed by atoms with E-state index in [1.807, 2.05) is 23.5 Å². The fourth-order valence-corrected chi connectivity index (χ4v) is 4.53. The molecule has 0 N–H and O–H groups in total. The predicted octanol–water partition coefficient (Wildman–Crippen LogP) is 3.85. The number of hydrogen-bond donors (Lipinski definition) is 0. The van der Waals surface area contributed by atoms with Crippen molar-refractivity contribution in [3.63, 3.8) is 0 Å². The van der Waals surface area contributed by atoms with Gasteiger partial charge >= 0.3 is 0 Å². The molecule has 2 aromatic rings. The molecule has 2 aromatic heterocycles. The van der Waals surface area contributed by atoms with Gasteiger partial charge in [-0.2, -0.15) is 0 Å². The van der Waals surface area contributed by atoms with Crippen LogP contribution in [0.5, 0.6) is 0 Å². The molecule has 2 rings (SSSR count). The summed E-state index contributed by atoms with van der Waals surface area (Å²) in [5, 5.41) is 1.35. The molecule has 82 valence electrons. The van der Waals surface area contributed by atoms with Crippen molar-refractivity contribution in [2.24, 2.45) is 0 Å². The van der Waals surface area contributed by atoms with E-state index in [2.05, 4.69) is 39.2 Å². The van der Waals surface area contributed by atoms with Gasteiger partial charge in [0.2, 0.25) is 0 Å². The molecule has 0 amide bonds. The predicted molar refractivity (Wildman–Crippen MR) is 79.4 cm³/mol. The molecule has 0 saturated carbocycles. The molecule has 16 heavy (non-hydrogen) atoms. The molecule has 0 aliphatic carbocycles. The van der Waals surface area contributed by atoms with Gasteiger partial charge in [-0.15, -0.1) is 22.7 Å². The molecule has 0 saturated heterocycles. The van der Waals surface area contributed by atoms with Gasteiger partial charge in [-0.1, -0.05) is 37.5 Å². The van der Waals surface area contributed by atoms with Gasteiger partial charge in [0.1, 0.15) is 0 Å². The minimum absolute atomic E-state index is 1.22. The summed E-state index contributed by atoms with van der Waals surface area (Å²) >= 11 is 3.65. The molecule has 0 bridgehead atoms. The monoisotopic (exact) mass is 246 g/mol. The average Bonchev–Trinajstić information content (AvgIpc) is 2.82. The average molecular weight is 246 g/mol. The molecule has 0 aliphatic heterocycles. The maximum absolute atomic E-state index is 3.90. The first-order chi connectivity index (χ1) is 7.76. The van der Waals surface area contributed by atoms with Crippen LogP contribution >= 0.6 is 22.7 Å². The largest absolute Gasteiger partial charge is 0.134 e. The van der Waals surface area contributed by atoms with Gasteiger partial charge in [-0.25, -0.2) is 0 Å². The molecule has 0 unspecified atom stereocenters. The minimum Gasteiger partial charge on any atom is -0.134 e.